The third-order valence-electron chi connectivity index (χ3n) is 3.23. The lowest BCUT2D eigenvalue weighted by atomic mass is 10.1. The summed E-state index contributed by atoms with van der Waals surface area (Å²) in [6.07, 6.45) is 0. The van der Waals surface area contributed by atoms with Crippen LogP contribution in [0.2, 0.25) is 0 Å². The molecule has 1 N–H and O–H groups in total. The Kier molecular flexibility index (Phi) is 7.56. The molecular weight excluding hydrogens is 314 g/mol. The van der Waals surface area contributed by atoms with Gasteiger partial charge in [-0.25, -0.2) is 0 Å². The lowest BCUT2D eigenvalue weighted by molar-refractivity contribution is 0.416. The molecule has 1 aromatic carbocycles. The Labute approximate surface area is 132 Å². The lowest BCUT2D eigenvalue weighted by Crippen LogP contribution is -2.28. The third kappa shape index (κ3) is 6.25. The van der Waals surface area contributed by atoms with E-state index in [0.717, 1.165) is 26.2 Å². The van der Waals surface area contributed by atoms with Gasteiger partial charge in [-0.1, -0.05) is 35.8 Å². The highest BCUT2D eigenvalue weighted by Crippen LogP contribution is 2.23. The largest absolute Gasteiger partial charge is 0.373 e. The molecule has 0 unspecified atom stereocenters. The van der Waals surface area contributed by atoms with Crippen LogP contribution in [0.4, 0.5) is 5.69 Å². The smallest absolute Gasteiger partial charge is 0.0375 e. The van der Waals surface area contributed by atoms with Crippen LogP contribution in [-0.4, -0.2) is 45.7 Å². The standard InChI is InChI=1S/C16H28BrN3/c1-13(2)11-18-12-14-6-7-15(10-16(14)17)20(5)9-8-19(3)4/h6-7,10,13,18H,8-9,11-12H2,1-5H3. The Morgan fingerprint density at radius 1 is 1.15 bits per heavy atom. The number of halogens is 1. The number of hydrogen-bond donors (Lipinski definition) is 1. The van der Waals surface area contributed by atoms with Crippen molar-refractivity contribution in [2.75, 3.05) is 45.7 Å². The Morgan fingerprint density at radius 3 is 2.40 bits per heavy atom. The summed E-state index contributed by atoms with van der Waals surface area (Å²) in [6, 6.07) is 6.62. The van der Waals surface area contributed by atoms with Crippen molar-refractivity contribution in [1.82, 2.24) is 10.2 Å². The maximum Gasteiger partial charge on any atom is 0.0375 e. The van der Waals surface area contributed by atoms with Gasteiger partial charge in [-0.15, -0.1) is 0 Å². The van der Waals surface area contributed by atoms with Crippen molar-refractivity contribution >= 4 is 21.6 Å². The molecule has 0 spiro atoms. The highest BCUT2D eigenvalue weighted by molar-refractivity contribution is 9.10. The van der Waals surface area contributed by atoms with Gasteiger partial charge in [0.25, 0.3) is 0 Å². The van der Waals surface area contributed by atoms with Gasteiger partial charge in [-0.2, -0.15) is 0 Å². The molecule has 0 bridgehead atoms. The third-order valence-corrected chi connectivity index (χ3v) is 3.97. The second kappa shape index (κ2) is 8.65. The van der Waals surface area contributed by atoms with E-state index < -0.39 is 0 Å². The number of nitrogens with one attached hydrogen (secondary N) is 1. The maximum absolute atomic E-state index is 3.69. The molecule has 0 amide bonds. The summed E-state index contributed by atoms with van der Waals surface area (Å²) in [5.41, 5.74) is 2.57. The predicted molar refractivity (Wildman–Crippen MR) is 92.5 cm³/mol. The molecule has 0 aliphatic heterocycles. The molecule has 0 aliphatic carbocycles. The van der Waals surface area contributed by atoms with E-state index >= 15 is 0 Å². The van der Waals surface area contributed by atoms with E-state index in [0.29, 0.717) is 5.92 Å². The molecule has 0 radical (unpaired) electrons. The number of benzene rings is 1. The van der Waals surface area contributed by atoms with Gasteiger partial charge in [0.05, 0.1) is 0 Å². The normalized spacial score (nSPS) is 11.4. The van der Waals surface area contributed by atoms with Crippen LogP contribution in [0.25, 0.3) is 0 Å². The van der Waals surface area contributed by atoms with Crippen molar-refractivity contribution < 1.29 is 0 Å². The van der Waals surface area contributed by atoms with Crippen molar-refractivity contribution in [3.63, 3.8) is 0 Å². The SMILES string of the molecule is CC(C)CNCc1ccc(N(C)CCN(C)C)cc1Br. The highest BCUT2D eigenvalue weighted by atomic mass is 79.9. The van der Waals surface area contributed by atoms with Crippen LogP contribution in [0, 0.1) is 5.92 Å². The van der Waals surface area contributed by atoms with Gasteiger partial charge in [-0.05, 0) is 44.3 Å². The first kappa shape index (κ1) is 17.5. The van der Waals surface area contributed by atoms with E-state index in [9.17, 15) is 0 Å². The molecule has 1 rings (SSSR count). The number of nitrogens with zero attached hydrogens (tertiary/aromatic N) is 2. The monoisotopic (exact) mass is 341 g/mol. The zero-order valence-electron chi connectivity index (χ0n) is 13.4. The van der Waals surface area contributed by atoms with Gasteiger partial charge in [0.2, 0.25) is 0 Å². The minimum absolute atomic E-state index is 0.685. The summed E-state index contributed by atoms with van der Waals surface area (Å²) in [6.45, 7) is 8.52. The van der Waals surface area contributed by atoms with Crippen LogP contribution in [0.5, 0.6) is 0 Å². The zero-order valence-corrected chi connectivity index (χ0v) is 15.0. The fourth-order valence-corrected chi connectivity index (χ4v) is 2.40. The Hall–Kier alpha value is -0.580. The van der Waals surface area contributed by atoms with Crippen molar-refractivity contribution in [2.24, 2.45) is 5.92 Å². The number of rotatable bonds is 8. The van der Waals surface area contributed by atoms with Gasteiger partial charge in [-0.3, -0.25) is 0 Å². The average molecular weight is 342 g/mol. The lowest BCUT2D eigenvalue weighted by Gasteiger charge is -2.22. The van der Waals surface area contributed by atoms with Crippen molar-refractivity contribution in [1.29, 1.82) is 0 Å². The summed E-state index contributed by atoms with van der Waals surface area (Å²) in [5.74, 6) is 0.685. The molecule has 0 aromatic heterocycles. The number of likely N-dealkylation sites (N-methyl/N-ethyl adjacent to an activating group) is 2. The summed E-state index contributed by atoms with van der Waals surface area (Å²) in [4.78, 5) is 4.49. The fourth-order valence-electron chi connectivity index (χ4n) is 1.89. The molecule has 20 heavy (non-hydrogen) atoms. The van der Waals surface area contributed by atoms with E-state index in [-0.39, 0.29) is 0 Å². The molecule has 0 atom stereocenters. The first-order valence-electron chi connectivity index (χ1n) is 7.25. The first-order chi connectivity index (χ1) is 9.40. The molecule has 3 nitrogen and oxygen atoms in total. The summed E-state index contributed by atoms with van der Waals surface area (Å²) in [5, 5.41) is 3.48. The van der Waals surface area contributed by atoms with E-state index in [4.69, 9.17) is 0 Å². The average Bonchev–Trinajstić information content (AvgIpc) is 2.37. The number of hydrogen-bond acceptors (Lipinski definition) is 3. The van der Waals surface area contributed by atoms with Crippen LogP contribution in [0.1, 0.15) is 19.4 Å². The quantitative estimate of drug-likeness (QED) is 0.783. The highest BCUT2D eigenvalue weighted by Gasteiger charge is 2.06. The van der Waals surface area contributed by atoms with E-state index in [1.54, 1.807) is 0 Å². The van der Waals surface area contributed by atoms with Crippen LogP contribution in [0.3, 0.4) is 0 Å². The first-order valence-corrected chi connectivity index (χ1v) is 8.04. The minimum atomic E-state index is 0.685. The summed E-state index contributed by atoms with van der Waals surface area (Å²) >= 11 is 3.69. The van der Waals surface area contributed by atoms with Gasteiger partial charge >= 0.3 is 0 Å². The predicted octanol–water partition coefficient (Wildman–Crippen LogP) is 3.19. The zero-order chi connectivity index (χ0) is 15.1. The molecule has 4 heteroatoms. The second-order valence-electron chi connectivity index (χ2n) is 6.03. The molecule has 1 aromatic rings. The molecule has 0 saturated carbocycles. The minimum Gasteiger partial charge on any atom is -0.373 e. The maximum atomic E-state index is 3.69. The van der Waals surface area contributed by atoms with Crippen LogP contribution in [0.15, 0.2) is 22.7 Å². The van der Waals surface area contributed by atoms with Crippen LogP contribution in [-0.2, 0) is 6.54 Å². The van der Waals surface area contributed by atoms with Crippen molar-refractivity contribution in [2.45, 2.75) is 20.4 Å². The van der Waals surface area contributed by atoms with Gasteiger partial charge < -0.3 is 15.1 Å². The van der Waals surface area contributed by atoms with E-state index in [1.165, 1.54) is 15.7 Å². The fraction of sp³-hybridized carbons (Fsp3) is 0.625. The van der Waals surface area contributed by atoms with Crippen molar-refractivity contribution in [3.8, 4) is 0 Å². The molecule has 0 heterocycles. The number of anilines is 1. The van der Waals surface area contributed by atoms with Crippen molar-refractivity contribution in [3.05, 3.63) is 28.2 Å². The second-order valence-corrected chi connectivity index (χ2v) is 6.88. The van der Waals surface area contributed by atoms with Gasteiger partial charge in [0, 0.05) is 36.8 Å². The molecular formula is C16H28BrN3. The topological polar surface area (TPSA) is 18.5 Å². The van der Waals surface area contributed by atoms with Gasteiger partial charge in [0.15, 0.2) is 0 Å². The van der Waals surface area contributed by atoms with E-state index in [1.807, 2.05) is 0 Å². The van der Waals surface area contributed by atoms with Gasteiger partial charge in [0.1, 0.15) is 0 Å². The van der Waals surface area contributed by atoms with Crippen LogP contribution < -0.4 is 10.2 Å². The molecule has 0 fully saturated rings. The Morgan fingerprint density at radius 2 is 1.85 bits per heavy atom. The Bertz CT molecular complexity index is 405. The Balaban J connectivity index is 2.58. The van der Waals surface area contributed by atoms with E-state index in [2.05, 4.69) is 84.2 Å². The molecule has 114 valence electrons. The van der Waals surface area contributed by atoms with Crippen LogP contribution >= 0.6 is 15.9 Å². The summed E-state index contributed by atoms with van der Waals surface area (Å²) in [7, 11) is 6.35. The molecule has 0 aliphatic rings. The summed E-state index contributed by atoms with van der Waals surface area (Å²) < 4.78 is 1.18. The molecule has 0 saturated heterocycles.